The number of benzene rings is 2. The molecule has 1 atom stereocenters. The fourth-order valence-electron chi connectivity index (χ4n) is 4.82. The molecule has 0 unspecified atom stereocenters. The van der Waals surface area contributed by atoms with Crippen molar-refractivity contribution in [3.63, 3.8) is 0 Å². The van der Waals surface area contributed by atoms with E-state index < -0.39 is 29.1 Å². The number of halogens is 5. The number of aromatic nitrogens is 1. The van der Waals surface area contributed by atoms with Gasteiger partial charge in [-0.1, -0.05) is 53.6 Å². The SMILES string of the molecule is N#Cc1cccc(C[C@@](NC(=O)NC2CCCC2)(c2cc(F)cc(C(F)(F)F)c2)c2ccc(CI)cn2)c1. The highest BCUT2D eigenvalue weighted by Crippen LogP contribution is 2.38. The second kappa shape index (κ2) is 11.7. The zero-order valence-corrected chi connectivity index (χ0v) is 22.4. The van der Waals surface area contributed by atoms with Crippen molar-refractivity contribution in [3.8, 4) is 6.07 Å². The van der Waals surface area contributed by atoms with Gasteiger partial charge in [-0.3, -0.25) is 4.98 Å². The van der Waals surface area contributed by atoms with Crippen LogP contribution in [-0.4, -0.2) is 17.1 Å². The smallest absolute Gasteiger partial charge is 0.335 e. The topological polar surface area (TPSA) is 77.8 Å². The van der Waals surface area contributed by atoms with E-state index in [2.05, 4.69) is 38.2 Å². The quantitative estimate of drug-likeness (QED) is 0.171. The largest absolute Gasteiger partial charge is 0.416 e. The standard InChI is InChI=1S/C28H25F4IN4O/c29-23-12-21(11-22(13-23)28(30,31)32)27(25-9-8-20(15-33)17-35-25,14-18-4-3-5-19(10-18)16-34)37-26(38)36-24-6-1-2-7-24/h3-5,8-13,17,24H,1-2,6-7,14-15H2,(H2,36,37,38)/t27-/m1/s1. The third-order valence-electron chi connectivity index (χ3n) is 6.68. The molecule has 2 N–H and O–H groups in total. The molecule has 1 aliphatic rings. The maximum absolute atomic E-state index is 14.8. The Balaban J connectivity index is 1.92. The maximum atomic E-state index is 14.8. The Morgan fingerprint density at radius 3 is 2.42 bits per heavy atom. The van der Waals surface area contributed by atoms with Gasteiger partial charge in [0.1, 0.15) is 11.4 Å². The first-order valence-corrected chi connectivity index (χ1v) is 13.6. The molecule has 2 amide bonds. The lowest BCUT2D eigenvalue weighted by Crippen LogP contribution is -2.54. The highest BCUT2D eigenvalue weighted by Gasteiger charge is 2.41. The molecule has 3 aromatic rings. The first-order valence-electron chi connectivity index (χ1n) is 12.1. The zero-order valence-electron chi connectivity index (χ0n) is 20.3. The summed E-state index contributed by atoms with van der Waals surface area (Å²) in [7, 11) is 0. The van der Waals surface area contributed by atoms with Gasteiger partial charge < -0.3 is 10.6 Å². The molecule has 4 rings (SSSR count). The summed E-state index contributed by atoms with van der Waals surface area (Å²) in [5.74, 6) is -1.09. The van der Waals surface area contributed by atoms with E-state index in [9.17, 15) is 27.6 Å². The van der Waals surface area contributed by atoms with E-state index in [4.69, 9.17) is 0 Å². The van der Waals surface area contributed by atoms with Crippen LogP contribution in [0.5, 0.6) is 0 Å². The van der Waals surface area contributed by atoms with Gasteiger partial charge in [-0.2, -0.15) is 18.4 Å². The van der Waals surface area contributed by atoms with Gasteiger partial charge in [-0.25, -0.2) is 9.18 Å². The lowest BCUT2D eigenvalue weighted by molar-refractivity contribution is -0.137. The molecule has 38 heavy (non-hydrogen) atoms. The van der Waals surface area contributed by atoms with Crippen LogP contribution in [0.15, 0.2) is 60.8 Å². The normalized spacial score (nSPS) is 15.5. The van der Waals surface area contributed by atoms with Gasteiger partial charge in [0.25, 0.3) is 0 Å². The number of carbonyl (C=O) groups excluding carboxylic acids is 1. The first-order chi connectivity index (χ1) is 18.1. The van der Waals surface area contributed by atoms with Crippen LogP contribution in [0.1, 0.15) is 59.2 Å². The molecular formula is C28H25F4IN4O. The maximum Gasteiger partial charge on any atom is 0.416 e. The summed E-state index contributed by atoms with van der Waals surface area (Å²) in [4.78, 5) is 17.9. The third-order valence-corrected chi connectivity index (χ3v) is 7.56. The van der Waals surface area contributed by atoms with Crippen molar-refractivity contribution in [2.75, 3.05) is 0 Å². The van der Waals surface area contributed by atoms with E-state index in [1.807, 2.05) is 6.07 Å². The molecule has 0 bridgehead atoms. The molecule has 0 spiro atoms. The second-order valence-corrected chi connectivity index (χ2v) is 10.1. The minimum atomic E-state index is -4.81. The van der Waals surface area contributed by atoms with E-state index in [-0.39, 0.29) is 23.7 Å². The number of amides is 2. The predicted octanol–water partition coefficient (Wildman–Crippen LogP) is 6.77. The van der Waals surface area contributed by atoms with Gasteiger partial charge in [0.2, 0.25) is 0 Å². The van der Waals surface area contributed by atoms with Crippen molar-refractivity contribution < 1.29 is 22.4 Å². The molecule has 10 heteroatoms. The molecule has 0 saturated heterocycles. The predicted molar refractivity (Wildman–Crippen MR) is 143 cm³/mol. The molecule has 198 valence electrons. The van der Waals surface area contributed by atoms with Crippen LogP contribution in [0, 0.1) is 17.1 Å². The second-order valence-electron chi connectivity index (χ2n) is 9.39. The van der Waals surface area contributed by atoms with Crippen molar-refractivity contribution >= 4 is 28.6 Å². The number of carbonyl (C=O) groups is 1. The lowest BCUT2D eigenvalue weighted by Gasteiger charge is -2.36. The van der Waals surface area contributed by atoms with E-state index in [1.165, 1.54) is 0 Å². The Kier molecular flexibility index (Phi) is 8.55. The fourth-order valence-corrected chi connectivity index (χ4v) is 5.27. The highest BCUT2D eigenvalue weighted by molar-refractivity contribution is 14.1. The van der Waals surface area contributed by atoms with E-state index in [0.717, 1.165) is 43.4 Å². The highest BCUT2D eigenvalue weighted by atomic mass is 127. The first kappa shape index (κ1) is 27.8. The number of nitrogens with zero attached hydrogens (tertiary/aromatic N) is 2. The Morgan fingerprint density at radius 2 is 1.79 bits per heavy atom. The average molecular weight is 636 g/mol. The fraction of sp³-hybridized carbons (Fsp3) is 0.321. The summed E-state index contributed by atoms with van der Waals surface area (Å²) in [6.07, 6.45) is 0.232. The van der Waals surface area contributed by atoms with Crippen LogP contribution in [0.25, 0.3) is 0 Å². The van der Waals surface area contributed by atoms with Gasteiger partial charge in [0.05, 0.1) is 22.9 Å². The van der Waals surface area contributed by atoms with Crippen LogP contribution < -0.4 is 10.6 Å². The number of nitrogens with one attached hydrogen (secondary N) is 2. The Bertz CT molecular complexity index is 1330. The van der Waals surface area contributed by atoms with Crippen molar-refractivity contribution in [3.05, 3.63) is 100 Å². The van der Waals surface area contributed by atoms with Crippen LogP contribution >= 0.6 is 22.6 Å². The summed E-state index contributed by atoms with van der Waals surface area (Å²) >= 11 is 2.16. The zero-order chi connectivity index (χ0) is 27.3. The molecule has 2 aromatic carbocycles. The minimum absolute atomic E-state index is 0.0674. The molecule has 1 heterocycles. The molecule has 1 fully saturated rings. The van der Waals surface area contributed by atoms with Crippen LogP contribution in [0.3, 0.4) is 0 Å². The Labute approximate surface area is 231 Å². The number of nitriles is 1. The molecule has 1 saturated carbocycles. The van der Waals surface area contributed by atoms with E-state index in [0.29, 0.717) is 21.6 Å². The molecular weight excluding hydrogens is 611 g/mol. The van der Waals surface area contributed by atoms with Crippen molar-refractivity contribution in [1.82, 2.24) is 15.6 Å². The molecule has 0 aliphatic heterocycles. The van der Waals surface area contributed by atoms with Gasteiger partial charge in [-0.15, -0.1) is 0 Å². The third kappa shape index (κ3) is 6.43. The summed E-state index contributed by atoms with van der Waals surface area (Å²) in [6.45, 7) is 0. The average Bonchev–Trinajstić information content (AvgIpc) is 3.40. The number of rotatable bonds is 7. The van der Waals surface area contributed by atoms with Crippen molar-refractivity contribution in [1.29, 1.82) is 5.26 Å². The summed E-state index contributed by atoms with van der Waals surface area (Å²) in [5.41, 5.74) is -0.942. The lowest BCUT2D eigenvalue weighted by atomic mass is 9.79. The van der Waals surface area contributed by atoms with E-state index >= 15 is 0 Å². The van der Waals surface area contributed by atoms with Crippen molar-refractivity contribution in [2.45, 2.75) is 54.3 Å². The Morgan fingerprint density at radius 1 is 1.05 bits per heavy atom. The van der Waals surface area contributed by atoms with Gasteiger partial charge >= 0.3 is 12.2 Å². The number of hydrogen-bond acceptors (Lipinski definition) is 3. The molecule has 1 aliphatic carbocycles. The summed E-state index contributed by atoms with van der Waals surface area (Å²) < 4.78 is 56.7. The Hall–Kier alpha value is -3.20. The molecule has 5 nitrogen and oxygen atoms in total. The minimum Gasteiger partial charge on any atom is -0.335 e. The monoisotopic (exact) mass is 636 g/mol. The van der Waals surface area contributed by atoms with Gasteiger partial charge in [-0.05, 0) is 65.9 Å². The number of urea groups is 1. The number of alkyl halides is 4. The van der Waals surface area contributed by atoms with E-state index in [1.54, 1.807) is 42.6 Å². The van der Waals surface area contributed by atoms with Crippen LogP contribution in [0.4, 0.5) is 22.4 Å². The van der Waals surface area contributed by atoms with Crippen LogP contribution in [0.2, 0.25) is 0 Å². The summed E-state index contributed by atoms with van der Waals surface area (Å²) in [5, 5.41) is 15.2. The number of hydrogen-bond donors (Lipinski definition) is 2. The summed E-state index contributed by atoms with van der Waals surface area (Å²) in [6, 6.07) is 13.6. The van der Waals surface area contributed by atoms with Gasteiger partial charge in [0, 0.05) is 23.1 Å². The van der Waals surface area contributed by atoms with Gasteiger partial charge in [0.15, 0.2) is 0 Å². The van der Waals surface area contributed by atoms with Crippen LogP contribution in [-0.2, 0) is 22.6 Å². The number of pyridine rings is 1. The molecule has 0 radical (unpaired) electrons. The molecule has 1 aromatic heterocycles. The van der Waals surface area contributed by atoms with Crippen molar-refractivity contribution in [2.24, 2.45) is 0 Å².